The van der Waals surface area contributed by atoms with Crippen LogP contribution in [0.3, 0.4) is 0 Å². The number of hydrogen-bond donors (Lipinski definition) is 1. The molecule has 0 aliphatic heterocycles. The van der Waals surface area contributed by atoms with Gasteiger partial charge in [-0.1, -0.05) is 25.1 Å². The van der Waals surface area contributed by atoms with E-state index in [0.29, 0.717) is 5.82 Å². The van der Waals surface area contributed by atoms with Crippen molar-refractivity contribution in [2.45, 2.75) is 24.9 Å². The molecule has 0 fully saturated rings. The van der Waals surface area contributed by atoms with Crippen LogP contribution >= 0.6 is 11.8 Å². The first-order valence-corrected chi connectivity index (χ1v) is 5.98. The maximum Gasteiger partial charge on any atom is 0.208 e. The zero-order chi connectivity index (χ0) is 10.5. The molecular formula is C10H13N3OS. The van der Waals surface area contributed by atoms with Gasteiger partial charge in [-0.05, 0) is 18.6 Å². The monoisotopic (exact) mass is 223 g/mol. The van der Waals surface area contributed by atoms with Crippen LogP contribution in [0, 0.1) is 0 Å². The lowest BCUT2D eigenvalue weighted by Crippen LogP contribution is -1.80. The Balaban J connectivity index is 1.98. The minimum atomic E-state index is 0.694. The van der Waals surface area contributed by atoms with Gasteiger partial charge < -0.3 is 4.42 Å². The summed E-state index contributed by atoms with van der Waals surface area (Å²) in [6.45, 7) is 2.17. The van der Waals surface area contributed by atoms with Gasteiger partial charge >= 0.3 is 0 Å². The third-order valence-electron chi connectivity index (χ3n) is 1.95. The molecular weight excluding hydrogens is 210 g/mol. The zero-order valence-corrected chi connectivity index (χ0v) is 9.38. The van der Waals surface area contributed by atoms with Crippen LogP contribution in [0.5, 0.6) is 0 Å². The van der Waals surface area contributed by atoms with E-state index in [0.717, 1.165) is 16.7 Å². The zero-order valence-electron chi connectivity index (χ0n) is 8.56. The first-order chi connectivity index (χ1) is 7.40. The van der Waals surface area contributed by atoms with Crippen LogP contribution in [0.2, 0.25) is 0 Å². The number of nitrogens with zero attached hydrogens (tertiary/aromatic N) is 2. The average molecular weight is 223 g/mol. The molecule has 0 aliphatic rings. The van der Waals surface area contributed by atoms with Crippen molar-refractivity contribution in [3.63, 3.8) is 0 Å². The minimum Gasteiger partial charge on any atom is -0.461 e. The highest BCUT2D eigenvalue weighted by molar-refractivity contribution is 7.99. The van der Waals surface area contributed by atoms with E-state index in [1.54, 1.807) is 18.0 Å². The second-order valence-corrected chi connectivity index (χ2v) is 4.21. The summed E-state index contributed by atoms with van der Waals surface area (Å²) in [6.07, 6.45) is 4.01. The van der Waals surface area contributed by atoms with E-state index in [4.69, 9.17) is 4.42 Å². The summed E-state index contributed by atoms with van der Waals surface area (Å²) in [5, 5.41) is 7.76. The first kappa shape index (κ1) is 10.3. The number of unbranched alkanes of at least 4 members (excludes halogenated alkanes) is 1. The van der Waals surface area contributed by atoms with Crippen LogP contribution in [0.1, 0.15) is 19.8 Å². The van der Waals surface area contributed by atoms with E-state index < -0.39 is 0 Å². The van der Waals surface area contributed by atoms with Crippen molar-refractivity contribution in [2.75, 3.05) is 5.75 Å². The molecule has 0 atom stereocenters. The van der Waals surface area contributed by atoms with Crippen molar-refractivity contribution in [3.8, 4) is 11.6 Å². The molecule has 80 valence electrons. The SMILES string of the molecule is CCCCSc1n[nH]c(-c2ccco2)n1. The molecule has 4 nitrogen and oxygen atoms in total. The highest BCUT2D eigenvalue weighted by Crippen LogP contribution is 2.19. The molecule has 0 amide bonds. The predicted molar refractivity (Wildman–Crippen MR) is 59.7 cm³/mol. The van der Waals surface area contributed by atoms with Crippen LogP contribution in [-0.4, -0.2) is 20.9 Å². The highest BCUT2D eigenvalue weighted by atomic mass is 32.2. The summed E-state index contributed by atoms with van der Waals surface area (Å²) >= 11 is 1.67. The maximum atomic E-state index is 5.22. The van der Waals surface area contributed by atoms with Gasteiger partial charge in [0.05, 0.1) is 6.26 Å². The van der Waals surface area contributed by atoms with E-state index in [2.05, 4.69) is 22.1 Å². The second-order valence-electron chi connectivity index (χ2n) is 3.15. The number of rotatable bonds is 5. The van der Waals surface area contributed by atoms with Gasteiger partial charge in [-0.25, -0.2) is 0 Å². The van der Waals surface area contributed by atoms with Crippen molar-refractivity contribution in [1.82, 2.24) is 15.2 Å². The Morgan fingerprint density at radius 3 is 3.20 bits per heavy atom. The molecule has 2 aromatic rings. The molecule has 0 unspecified atom stereocenters. The highest BCUT2D eigenvalue weighted by Gasteiger charge is 2.07. The molecule has 15 heavy (non-hydrogen) atoms. The number of thioether (sulfide) groups is 1. The summed E-state index contributed by atoms with van der Waals surface area (Å²) in [6, 6.07) is 3.70. The van der Waals surface area contributed by atoms with Crippen molar-refractivity contribution in [3.05, 3.63) is 18.4 Å². The summed E-state index contributed by atoms with van der Waals surface area (Å²) in [5.41, 5.74) is 0. The van der Waals surface area contributed by atoms with Gasteiger partial charge in [-0.2, -0.15) is 4.98 Å². The van der Waals surface area contributed by atoms with Gasteiger partial charge in [0, 0.05) is 5.75 Å². The normalized spacial score (nSPS) is 10.7. The second kappa shape index (κ2) is 5.02. The molecule has 0 saturated heterocycles. The summed E-state index contributed by atoms with van der Waals surface area (Å²) < 4.78 is 5.22. The fourth-order valence-electron chi connectivity index (χ4n) is 1.14. The van der Waals surface area contributed by atoms with E-state index in [1.807, 2.05) is 12.1 Å². The molecule has 0 aromatic carbocycles. The molecule has 0 saturated carbocycles. The van der Waals surface area contributed by atoms with Crippen LogP contribution in [0.15, 0.2) is 28.0 Å². The lowest BCUT2D eigenvalue weighted by atomic mass is 10.4. The lowest BCUT2D eigenvalue weighted by Gasteiger charge is -1.91. The molecule has 2 aromatic heterocycles. The van der Waals surface area contributed by atoms with Gasteiger partial charge in [0.15, 0.2) is 11.6 Å². The Morgan fingerprint density at radius 1 is 1.53 bits per heavy atom. The molecule has 0 bridgehead atoms. The van der Waals surface area contributed by atoms with Gasteiger partial charge in [-0.3, -0.25) is 5.10 Å². The van der Waals surface area contributed by atoms with E-state index >= 15 is 0 Å². The predicted octanol–water partition coefficient (Wildman–Crippen LogP) is 2.96. The van der Waals surface area contributed by atoms with Gasteiger partial charge in [0.2, 0.25) is 5.16 Å². The third kappa shape index (κ3) is 2.62. The number of H-pyrrole nitrogens is 1. The van der Waals surface area contributed by atoms with Gasteiger partial charge in [-0.15, -0.1) is 5.10 Å². The van der Waals surface area contributed by atoms with E-state index in [1.165, 1.54) is 12.8 Å². The third-order valence-corrected chi connectivity index (χ3v) is 2.88. The largest absolute Gasteiger partial charge is 0.461 e. The molecule has 1 N–H and O–H groups in total. The first-order valence-electron chi connectivity index (χ1n) is 4.99. The molecule has 0 radical (unpaired) electrons. The fourth-order valence-corrected chi connectivity index (χ4v) is 2.02. The van der Waals surface area contributed by atoms with E-state index in [9.17, 15) is 0 Å². The van der Waals surface area contributed by atoms with Crippen molar-refractivity contribution in [2.24, 2.45) is 0 Å². The van der Waals surface area contributed by atoms with Crippen molar-refractivity contribution >= 4 is 11.8 Å². The fraction of sp³-hybridized carbons (Fsp3) is 0.400. The number of hydrogen-bond acceptors (Lipinski definition) is 4. The van der Waals surface area contributed by atoms with E-state index in [-0.39, 0.29) is 0 Å². The van der Waals surface area contributed by atoms with Crippen LogP contribution in [0.25, 0.3) is 11.6 Å². The number of aromatic amines is 1. The van der Waals surface area contributed by atoms with Crippen LogP contribution in [0.4, 0.5) is 0 Å². The molecule has 0 aliphatic carbocycles. The molecule has 0 spiro atoms. The Morgan fingerprint density at radius 2 is 2.47 bits per heavy atom. The topological polar surface area (TPSA) is 54.7 Å². The Hall–Kier alpha value is -1.23. The summed E-state index contributed by atoms with van der Waals surface area (Å²) in [5.74, 6) is 2.48. The Bertz CT molecular complexity index is 396. The number of aromatic nitrogens is 3. The van der Waals surface area contributed by atoms with Crippen LogP contribution < -0.4 is 0 Å². The summed E-state index contributed by atoms with van der Waals surface area (Å²) in [4.78, 5) is 4.33. The Kier molecular flexibility index (Phi) is 3.45. The van der Waals surface area contributed by atoms with Crippen molar-refractivity contribution < 1.29 is 4.42 Å². The Labute approximate surface area is 92.5 Å². The average Bonchev–Trinajstić information content (AvgIpc) is 2.87. The molecule has 2 rings (SSSR count). The quantitative estimate of drug-likeness (QED) is 0.625. The lowest BCUT2D eigenvalue weighted by molar-refractivity contribution is 0.577. The minimum absolute atomic E-state index is 0.694. The smallest absolute Gasteiger partial charge is 0.208 e. The van der Waals surface area contributed by atoms with Crippen molar-refractivity contribution in [1.29, 1.82) is 0 Å². The molecule has 2 heterocycles. The van der Waals surface area contributed by atoms with Gasteiger partial charge in [0.25, 0.3) is 0 Å². The molecule has 5 heteroatoms. The number of nitrogens with one attached hydrogen (secondary N) is 1. The summed E-state index contributed by atoms with van der Waals surface area (Å²) in [7, 11) is 0. The number of furan rings is 1. The van der Waals surface area contributed by atoms with Crippen LogP contribution in [-0.2, 0) is 0 Å². The maximum absolute atomic E-state index is 5.22. The standard InChI is InChI=1S/C10H13N3OS/c1-2-3-7-15-10-11-9(12-13-10)8-5-4-6-14-8/h4-6H,2-3,7H2,1H3,(H,11,12,13). The van der Waals surface area contributed by atoms with Gasteiger partial charge in [0.1, 0.15) is 0 Å².